The van der Waals surface area contributed by atoms with Crippen LogP contribution in [0.25, 0.3) is 0 Å². The topological polar surface area (TPSA) is 84.3 Å². The number of hydrogen-bond acceptors (Lipinski definition) is 4. The lowest BCUT2D eigenvalue weighted by atomic mass is 10.1. The second-order valence-corrected chi connectivity index (χ2v) is 7.85. The summed E-state index contributed by atoms with van der Waals surface area (Å²) in [4.78, 5) is 12.0. The molecule has 1 N–H and O–H groups in total. The number of sulfonamides is 1. The zero-order valence-corrected chi connectivity index (χ0v) is 14.5. The van der Waals surface area contributed by atoms with Gasteiger partial charge >= 0.3 is 0 Å². The van der Waals surface area contributed by atoms with Crippen LogP contribution in [0.4, 0.5) is 0 Å². The minimum Gasteiger partial charge on any atom is -0.359 e. The molecule has 0 bridgehead atoms. The van der Waals surface area contributed by atoms with Crippen LogP contribution in [-0.2, 0) is 21.4 Å². The van der Waals surface area contributed by atoms with Gasteiger partial charge in [0.05, 0.1) is 29.6 Å². The van der Waals surface area contributed by atoms with Gasteiger partial charge in [0.1, 0.15) is 0 Å². The van der Waals surface area contributed by atoms with Gasteiger partial charge in [0.25, 0.3) is 0 Å². The van der Waals surface area contributed by atoms with Crippen molar-refractivity contribution < 1.29 is 13.2 Å². The van der Waals surface area contributed by atoms with Crippen LogP contribution < -0.4 is 5.32 Å². The first-order valence-corrected chi connectivity index (χ1v) is 9.15. The van der Waals surface area contributed by atoms with E-state index in [9.17, 15) is 13.2 Å². The number of aryl methyl sites for hydroxylation is 1. The van der Waals surface area contributed by atoms with Gasteiger partial charge < -0.3 is 5.32 Å². The molecule has 2 heterocycles. The van der Waals surface area contributed by atoms with Crippen molar-refractivity contribution in [3.8, 4) is 0 Å². The maximum Gasteiger partial charge on any atom is 0.243 e. The Labute approximate surface area is 141 Å². The number of aromatic nitrogens is 2. The summed E-state index contributed by atoms with van der Waals surface area (Å²) in [5, 5.41) is 6.82. The van der Waals surface area contributed by atoms with Crippen molar-refractivity contribution >= 4 is 15.9 Å². The van der Waals surface area contributed by atoms with E-state index in [2.05, 4.69) is 10.4 Å². The summed E-state index contributed by atoms with van der Waals surface area (Å²) >= 11 is 0. The third-order valence-electron chi connectivity index (χ3n) is 4.21. The van der Waals surface area contributed by atoms with E-state index in [1.165, 1.54) is 4.31 Å². The molecule has 0 saturated carbocycles. The second-order valence-electron chi connectivity index (χ2n) is 5.91. The highest BCUT2D eigenvalue weighted by atomic mass is 32.2. The molecule has 1 atom stereocenters. The highest BCUT2D eigenvalue weighted by molar-refractivity contribution is 7.89. The standard InChI is InChI=1S/C16H20N4O3S/c1-12-3-5-15(6-4-12)24(22,23)19-10-13-7-8-18-20(13)14(11-19)9-16(21)17-2/h3-8,14H,9-11H2,1-2H3,(H,17,21)/t14-/m1/s1. The fourth-order valence-electron chi connectivity index (χ4n) is 2.86. The Kier molecular flexibility index (Phi) is 4.42. The normalized spacial score (nSPS) is 18.2. The van der Waals surface area contributed by atoms with Crippen molar-refractivity contribution in [1.82, 2.24) is 19.4 Å². The van der Waals surface area contributed by atoms with E-state index < -0.39 is 10.0 Å². The van der Waals surface area contributed by atoms with Crippen LogP contribution in [0.1, 0.15) is 23.7 Å². The summed E-state index contributed by atoms with van der Waals surface area (Å²) in [5.41, 5.74) is 1.79. The summed E-state index contributed by atoms with van der Waals surface area (Å²) in [5.74, 6) is -0.143. The molecule has 0 radical (unpaired) electrons. The van der Waals surface area contributed by atoms with Gasteiger partial charge in [-0.3, -0.25) is 9.48 Å². The average Bonchev–Trinajstić information content (AvgIpc) is 3.04. The molecule has 1 amide bonds. The first-order chi connectivity index (χ1) is 11.4. The number of carbonyl (C=O) groups is 1. The Bertz CT molecular complexity index is 842. The van der Waals surface area contributed by atoms with Crippen molar-refractivity contribution in [1.29, 1.82) is 0 Å². The Balaban J connectivity index is 1.92. The molecule has 2 aromatic rings. The zero-order chi connectivity index (χ0) is 17.3. The minimum atomic E-state index is -3.61. The van der Waals surface area contributed by atoms with Crippen molar-refractivity contribution in [3.63, 3.8) is 0 Å². The number of benzene rings is 1. The molecule has 1 aromatic heterocycles. The zero-order valence-electron chi connectivity index (χ0n) is 13.6. The van der Waals surface area contributed by atoms with Gasteiger partial charge in [0.2, 0.25) is 15.9 Å². The summed E-state index contributed by atoms with van der Waals surface area (Å²) < 4.78 is 29.0. The monoisotopic (exact) mass is 348 g/mol. The van der Waals surface area contributed by atoms with Crippen LogP contribution in [0.5, 0.6) is 0 Å². The molecule has 3 rings (SSSR count). The average molecular weight is 348 g/mol. The van der Waals surface area contributed by atoms with Crippen molar-refractivity contribution in [2.45, 2.75) is 30.8 Å². The van der Waals surface area contributed by atoms with Crippen LogP contribution in [0, 0.1) is 6.92 Å². The molecule has 7 nitrogen and oxygen atoms in total. The molecule has 128 valence electrons. The second kappa shape index (κ2) is 6.37. The first-order valence-electron chi connectivity index (χ1n) is 7.71. The molecule has 1 aliphatic rings. The van der Waals surface area contributed by atoms with Gasteiger partial charge in [-0.2, -0.15) is 9.40 Å². The maximum absolute atomic E-state index is 12.9. The lowest BCUT2D eigenvalue weighted by Crippen LogP contribution is -2.42. The molecular weight excluding hydrogens is 328 g/mol. The van der Waals surface area contributed by atoms with Gasteiger partial charge in [-0.05, 0) is 25.1 Å². The molecule has 0 unspecified atom stereocenters. The number of nitrogens with one attached hydrogen (secondary N) is 1. The van der Waals surface area contributed by atoms with Gasteiger partial charge in [-0.15, -0.1) is 0 Å². The smallest absolute Gasteiger partial charge is 0.243 e. The third kappa shape index (κ3) is 3.07. The maximum atomic E-state index is 12.9. The number of fused-ring (bicyclic) bond motifs is 1. The molecule has 0 spiro atoms. The van der Waals surface area contributed by atoms with E-state index in [1.54, 1.807) is 48.3 Å². The Morgan fingerprint density at radius 3 is 2.67 bits per heavy atom. The molecular formula is C16H20N4O3S. The van der Waals surface area contributed by atoms with E-state index in [4.69, 9.17) is 0 Å². The predicted octanol–water partition coefficient (Wildman–Crippen LogP) is 1.07. The molecule has 24 heavy (non-hydrogen) atoms. The van der Waals surface area contributed by atoms with Crippen LogP contribution in [-0.4, -0.2) is 42.0 Å². The SMILES string of the molecule is CNC(=O)C[C@@H]1CN(S(=O)(=O)c2ccc(C)cc2)Cc2ccnn21. The number of nitrogens with zero attached hydrogens (tertiary/aromatic N) is 3. The molecule has 8 heteroatoms. The number of carbonyl (C=O) groups excluding carboxylic acids is 1. The molecule has 0 saturated heterocycles. The Hall–Kier alpha value is -2.19. The number of amides is 1. The molecule has 0 aliphatic carbocycles. The minimum absolute atomic E-state index is 0.143. The van der Waals surface area contributed by atoms with Gasteiger partial charge in [0.15, 0.2) is 0 Å². The lowest BCUT2D eigenvalue weighted by molar-refractivity contribution is -0.121. The fraction of sp³-hybridized carbons (Fsp3) is 0.375. The Morgan fingerprint density at radius 1 is 1.29 bits per heavy atom. The number of hydrogen-bond donors (Lipinski definition) is 1. The molecule has 0 fully saturated rings. The van der Waals surface area contributed by atoms with Crippen molar-refractivity contribution in [2.75, 3.05) is 13.6 Å². The quantitative estimate of drug-likeness (QED) is 0.896. The van der Waals surface area contributed by atoms with E-state index >= 15 is 0 Å². The highest BCUT2D eigenvalue weighted by Crippen LogP contribution is 2.28. The van der Waals surface area contributed by atoms with Gasteiger partial charge in [-0.1, -0.05) is 17.7 Å². The van der Waals surface area contributed by atoms with Crippen LogP contribution in [0.3, 0.4) is 0 Å². The summed E-state index contributed by atoms with van der Waals surface area (Å²) in [7, 11) is -2.05. The first kappa shape index (κ1) is 16.7. The van der Waals surface area contributed by atoms with E-state index in [0.29, 0.717) is 0 Å². The highest BCUT2D eigenvalue weighted by Gasteiger charge is 2.34. The number of rotatable bonds is 4. The van der Waals surface area contributed by atoms with E-state index in [1.807, 2.05) is 6.92 Å². The predicted molar refractivity (Wildman–Crippen MR) is 88.7 cm³/mol. The van der Waals surface area contributed by atoms with Crippen LogP contribution in [0.15, 0.2) is 41.4 Å². The summed E-state index contributed by atoms with van der Waals surface area (Å²) in [6.45, 7) is 2.38. The van der Waals surface area contributed by atoms with E-state index in [-0.39, 0.29) is 36.4 Å². The summed E-state index contributed by atoms with van der Waals surface area (Å²) in [6.07, 6.45) is 1.82. The van der Waals surface area contributed by atoms with E-state index in [0.717, 1.165) is 11.3 Å². The fourth-order valence-corrected chi connectivity index (χ4v) is 4.31. The molecule has 1 aliphatic heterocycles. The Morgan fingerprint density at radius 2 is 2.00 bits per heavy atom. The lowest BCUT2D eigenvalue weighted by Gasteiger charge is -2.32. The van der Waals surface area contributed by atoms with Crippen LogP contribution in [0.2, 0.25) is 0 Å². The van der Waals surface area contributed by atoms with Crippen LogP contribution >= 0.6 is 0 Å². The van der Waals surface area contributed by atoms with Gasteiger partial charge in [-0.25, -0.2) is 8.42 Å². The third-order valence-corrected chi connectivity index (χ3v) is 6.04. The molecule has 1 aromatic carbocycles. The van der Waals surface area contributed by atoms with Crippen molar-refractivity contribution in [3.05, 3.63) is 47.8 Å². The van der Waals surface area contributed by atoms with Crippen molar-refractivity contribution in [2.24, 2.45) is 0 Å². The van der Waals surface area contributed by atoms with Gasteiger partial charge in [0, 0.05) is 19.8 Å². The largest absolute Gasteiger partial charge is 0.359 e. The summed E-state index contributed by atoms with van der Waals surface area (Å²) in [6, 6.07) is 8.26.